The van der Waals surface area contributed by atoms with Gasteiger partial charge in [0.05, 0.1) is 7.11 Å². The highest BCUT2D eigenvalue weighted by Gasteiger charge is 2.06. The lowest BCUT2D eigenvalue weighted by Crippen LogP contribution is -2.23. The fourth-order valence-corrected chi connectivity index (χ4v) is 1.83. The van der Waals surface area contributed by atoms with Crippen LogP contribution in [0.2, 0.25) is 0 Å². The Labute approximate surface area is 110 Å². The van der Waals surface area contributed by atoms with E-state index in [9.17, 15) is 5.11 Å². The number of benzene rings is 1. The third-order valence-corrected chi connectivity index (χ3v) is 2.88. The lowest BCUT2D eigenvalue weighted by Gasteiger charge is -2.19. The van der Waals surface area contributed by atoms with Gasteiger partial charge in [0.1, 0.15) is 11.5 Å². The maximum atomic E-state index is 9.87. The van der Waals surface area contributed by atoms with Crippen LogP contribution in [0.15, 0.2) is 18.2 Å². The van der Waals surface area contributed by atoms with Crippen molar-refractivity contribution in [3.05, 3.63) is 23.8 Å². The van der Waals surface area contributed by atoms with Crippen LogP contribution in [-0.4, -0.2) is 56.2 Å². The normalized spacial score (nSPS) is 11.2. The molecule has 4 nitrogen and oxygen atoms in total. The van der Waals surface area contributed by atoms with Gasteiger partial charge in [0.15, 0.2) is 0 Å². The number of methoxy groups -OCH3 is 1. The van der Waals surface area contributed by atoms with Crippen LogP contribution in [0.25, 0.3) is 0 Å². The summed E-state index contributed by atoms with van der Waals surface area (Å²) in [6.07, 6.45) is 1.13. The first-order valence-electron chi connectivity index (χ1n) is 6.22. The fraction of sp³-hybridized carbons (Fsp3) is 0.571. The quantitative estimate of drug-likeness (QED) is 0.802. The van der Waals surface area contributed by atoms with Gasteiger partial charge in [-0.1, -0.05) is 6.07 Å². The molecule has 0 atom stereocenters. The van der Waals surface area contributed by atoms with Crippen molar-refractivity contribution >= 4 is 0 Å². The summed E-state index contributed by atoms with van der Waals surface area (Å²) < 4.78 is 5.07. The molecular formula is C14H24N2O2. The third kappa shape index (κ3) is 4.94. The van der Waals surface area contributed by atoms with E-state index in [1.165, 1.54) is 0 Å². The topological polar surface area (TPSA) is 35.9 Å². The van der Waals surface area contributed by atoms with E-state index in [4.69, 9.17) is 4.74 Å². The van der Waals surface area contributed by atoms with Crippen molar-refractivity contribution in [3.63, 3.8) is 0 Å². The number of nitrogens with zero attached hydrogens (tertiary/aromatic N) is 2. The Hall–Kier alpha value is -1.26. The van der Waals surface area contributed by atoms with Gasteiger partial charge in [-0.2, -0.15) is 0 Å². The molecule has 0 aliphatic carbocycles. The van der Waals surface area contributed by atoms with Crippen LogP contribution in [0.5, 0.6) is 11.5 Å². The first-order chi connectivity index (χ1) is 8.52. The lowest BCUT2D eigenvalue weighted by molar-refractivity contribution is 0.290. The zero-order valence-corrected chi connectivity index (χ0v) is 11.8. The maximum Gasteiger partial charge on any atom is 0.123 e. The Morgan fingerprint density at radius 1 is 1.17 bits per heavy atom. The lowest BCUT2D eigenvalue weighted by atomic mass is 10.2. The van der Waals surface area contributed by atoms with Gasteiger partial charge in [-0.05, 0) is 46.7 Å². The molecule has 0 spiro atoms. The molecule has 0 saturated heterocycles. The minimum atomic E-state index is 0.300. The Morgan fingerprint density at radius 2 is 1.89 bits per heavy atom. The van der Waals surface area contributed by atoms with Gasteiger partial charge < -0.3 is 19.6 Å². The van der Waals surface area contributed by atoms with Crippen LogP contribution >= 0.6 is 0 Å². The van der Waals surface area contributed by atoms with Crippen molar-refractivity contribution < 1.29 is 9.84 Å². The van der Waals surface area contributed by atoms with E-state index < -0.39 is 0 Å². The summed E-state index contributed by atoms with van der Waals surface area (Å²) >= 11 is 0. The van der Waals surface area contributed by atoms with Crippen molar-refractivity contribution in [1.82, 2.24) is 9.80 Å². The van der Waals surface area contributed by atoms with Crippen molar-refractivity contribution in [2.24, 2.45) is 0 Å². The van der Waals surface area contributed by atoms with E-state index in [0.29, 0.717) is 11.5 Å². The van der Waals surface area contributed by atoms with E-state index in [-0.39, 0.29) is 0 Å². The molecule has 4 heteroatoms. The smallest absolute Gasteiger partial charge is 0.123 e. The molecule has 0 heterocycles. The number of hydrogen-bond acceptors (Lipinski definition) is 4. The van der Waals surface area contributed by atoms with Crippen molar-refractivity contribution in [2.45, 2.75) is 13.0 Å². The number of phenolic OH excluding ortho intramolecular Hbond substituents is 1. The molecule has 1 rings (SSSR count). The minimum absolute atomic E-state index is 0.300. The summed E-state index contributed by atoms with van der Waals surface area (Å²) in [5.74, 6) is 0.986. The highest BCUT2D eigenvalue weighted by molar-refractivity contribution is 5.39. The standard InChI is InChI=1S/C14H24N2O2/c1-15(2)8-5-9-16(3)11-12-6-7-13(18-4)10-14(12)17/h6-7,10,17H,5,8-9,11H2,1-4H3. The zero-order chi connectivity index (χ0) is 13.5. The summed E-state index contributed by atoms with van der Waals surface area (Å²) in [7, 11) is 7.83. The number of aromatic hydroxyl groups is 1. The maximum absolute atomic E-state index is 9.87. The molecule has 0 aliphatic rings. The summed E-state index contributed by atoms with van der Waals surface area (Å²) in [5, 5.41) is 9.87. The van der Waals surface area contributed by atoms with E-state index in [1.54, 1.807) is 13.2 Å². The SMILES string of the molecule is COc1ccc(CN(C)CCCN(C)C)c(O)c1. The highest BCUT2D eigenvalue weighted by Crippen LogP contribution is 2.24. The predicted octanol–water partition coefficient (Wildman–Crippen LogP) is 1.78. The van der Waals surface area contributed by atoms with Crippen molar-refractivity contribution in [1.29, 1.82) is 0 Å². The largest absolute Gasteiger partial charge is 0.507 e. The number of phenols is 1. The zero-order valence-electron chi connectivity index (χ0n) is 11.8. The van der Waals surface area contributed by atoms with Gasteiger partial charge in [0.2, 0.25) is 0 Å². The molecule has 1 aromatic carbocycles. The van der Waals surface area contributed by atoms with E-state index in [2.05, 4.69) is 30.9 Å². The minimum Gasteiger partial charge on any atom is -0.507 e. The van der Waals surface area contributed by atoms with Crippen molar-refractivity contribution in [3.8, 4) is 11.5 Å². The molecule has 0 aliphatic heterocycles. The van der Waals surface area contributed by atoms with Crippen molar-refractivity contribution in [2.75, 3.05) is 41.3 Å². The Bertz CT molecular complexity index is 367. The number of hydrogen-bond donors (Lipinski definition) is 1. The molecule has 18 heavy (non-hydrogen) atoms. The van der Waals surface area contributed by atoms with Crippen LogP contribution in [-0.2, 0) is 6.54 Å². The van der Waals surface area contributed by atoms with Gasteiger partial charge in [-0.15, -0.1) is 0 Å². The number of ether oxygens (including phenoxy) is 1. The molecule has 0 saturated carbocycles. The first kappa shape index (κ1) is 14.8. The van der Waals surface area contributed by atoms with Crippen LogP contribution < -0.4 is 4.74 Å². The third-order valence-electron chi connectivity index (χ3n) is 2.88. The molecule has 0 bridgehead atoms. The second-order valence-electron chi connectivity index (χ2n) is 4.89. The van der Waals surface area contributed by atoms with Gasteiger partial charge >= 0.3 is 0 Å². The van der Waals surface area contributed by atoms with Crippen LogP contribution in [0.1, 0.15) is 12.0 Å². The van der Waals surface area contributed by atoms with E-state index in [0.717, 1.165) is 31.6 Å². The average Bonchev–Trinajstić information content (AvgIpc) is 2.31. The van der Waals surface area contributed by atoms with Crippen LogP contribution in [0, 0.1) is 0 Å². The summed E-state index contributed by atoms with van der Waals surface area (Å²) in [5.41, 5.74) is 0.933. The fourth-order valence-electron chi connectivity index (χ4n) is 1.83. The van der Waals surface area contributed by atoms with Crippen LogP contribution in [0.4, 0.5) is 0 Å². The molecule has 0 radical (unpaired) electrons. The Kier molecular flexibility index (Phi) is 5.95. The average molecular weight is 252 g/mol. The van der Waals surface area contributed by atoms with Gasteiger partial charge in [0, 0.05) is 18.2 Å². The molecule has 0 unspecified atom stereocenters. The Balaban J connectivity index is 2.46. The molecule has 0 aromatic heterocycles. The van der Waals surface area contributed by atoms with E-state index in [1.807, 2.05) is 12.1 Å². The van der Waals surface area contributed by atoms with Gasteiger partial charge in [0.25, 0.3) is 0 Å². The molecular weight excluding hydrogens is 228 g/mol. The van der Waals surface area contributed by atoms with Gasteiger partial charge in [-0.3, -0.25) is 0 Å². The summed E-state index contributed by atoms with van der Waals surface area (Å²) in [4.78, 5) is 4.39. The molecule has 0 fully saturated rings. The monoisotopic (exact) mass is 252 g/mol. The number of rotatable bonds is 7. The Morgan fingerprint density at radius 3 is 2.44 bits per heavy atom. The highest BCUT2D eigenvalue weighted by atomic mass is 16.5. The second kappa shape index (κ2) is 7.24. The van der Waals surface area contributed by atoms with Gasteiger partial charge in [-0.25, -0.2) is 0 Å². The molecule has 0 amide bonds. The first-order valence-corrected chi connectivity index (χ1v) is 6.22. The van der Waals surface area contributed by atoms with Crippen LogP contribution in [0.3, 0.4) is 0 Å². The molecule has 1 aromatic rings. The predicted molar refractivity (Wildman–Crippen MR) is 74.2 cm³/mol. The molecule has 1 N–H and O–H groups in total. The molecule has 102 valence electrons. The summed E-state index contributed by atoms with van der Waals surface area (Å²) in [6, 6.07) is 5.45. The van der Waals surface area contributed by atoms with E-state index >= 15 is 0 Å². The summed E-state index contributed by atoms with van der Waals surface area (Å²) in [6.45, 7) is 2.85. The second-order valence-corrected chi connectivity index (χ2v) is 4.89.